The van der Waals surface area contributed by atoms with Crippen LogP contribution < -0.4 is 4.74 Å². The molecule has 1 aromatic carbocycles. The number of pyridine rings is 1. The molecule has 0 radical (unpaired) electrons. The number of benzene rings is 1. The highest BCUT2D eigenvalue weighted by molar-refractivity contribution is 7.89. The molecule has 2 aromatic heterocycles. The Hall–Kier alpha value is -2.75. The van der Waals surface area contributed by atoms with Crippen LogP contribution in [0.4, 0.5) is 4.39 Å². The van der Waals surface area contributed by atoms with Crippen molar-refractivity contribution in [3.8, 4) is 16.9 Å². The summed E-state index contributed by atoms with van der Waals surface area (Å²) in [5, 5.41) is 0.895. The molecule has 0 saturated heterocycles. The van der Waals surface area contributed by atoms with Gasteiger partial charge < -0.3 is 9.72 Å². The molecule has 32 heavy (non-hydrogen) atoms. The average molecular weight is 459 g/mol. The topological polar surface area (TPSA) is 78.5 Å². The van der Waals surface area contributed by atoms with Crippen LogP contribution in [0.1, 0.15) is 12.1 Å². The van der Waals surface area contributed by atoms with Crippen molar-refractivity contribution in [2.75, 3.05) is 46.6 Å². The molecule has 1 N–H and O–H groups in total. The molecule has 1 aliphatic rings. The van der Waals surface area contributed by atoms with Crippen LogP contribution in [-0.4, -0.2) is 74.2 Å². The second-order valence-electron chi connectivity index (χ2n) is 8.03. The lowest BCUT2D eigenvalue weighted by molar-refractivity contribution is 0.317. The fraction of sp³-hybridized carbons (Fsp3) is 0.348. The molecule has 7 nitrogen and oxygen atoms in total. The van der Waals surface area contributed by atoms with E-state index in [1.54, 1.807) is 33.5 Å². The molecule has 0 saturated carbocycles. The van der Waals surface area contributed by atoms with Gasteiger partial charge in [-0.25, -0.2) is 22.1 Å². The third kappa shape index (κ3) is 4.55. The van der Waals surface area contributed by atoms with E-state index in [2.05, 4.69) is 20.9 Å². The molecule has 4 rings (SSSR count). The minimum atomic E-state index is -3.20. The number of sulfonamides is 1. The quantitative estimate of drug-likeness (QED) is 0.587. The number of H-pyrrole nitrogens is 1. The number of rotatable bonds is 7. The highest BCUT2D eigenvalue weighted by Crippen LogP contribution is 2.36. The molecule has 9 heteroatoms. The average Bonchev–Trinajstić information content (AvgIpc) is 3.22. The van der Waals surface area contributed by atoms with Crippen LogP contribution in [0, 0.1) is 5.82 Å². The van der Waals surface area contributed by atoms with E-state index in [-0.39, 0.29) is 11.6 Å². The SMILES string of the molecule is COc1ccc(F)cc1-c1ccnc2[nH]c(C3=CCN(CCS(=O)(=O)N(C)C)CC3)cc12. The van der Waals surface area contributed by atoms with Gasteiger partial charge in [0.25, 0.3) is 0 Å². The first-order valence-electron chi connectivity index (χ1n) is 10.4. The van der Waals surface area contributed by atoms with Gasteiger partial charge in [-0.15, -0.1) is 0 Å². The molecule has 0 fully saturated rings. The molecular weight excluding hydrogens is 431 g/mol. The normalized spacial score (nSPS) is 15.3. The summed E-state index contributed by atoms with van der Waals surface area (Å²) >= 11 is 0. The second kappa shape index (κ2) is 9.01. The van der Waals surface area contributed by atoms with Gasteiger partial charge in [-0.05, 0) is 47.9 Å². The zero-order chi connectivity index (χ0) is 22.9. The second-order valence-corrected chi connectivity index (χ2v) is 10.3. The Kier molecular flexibility index (Phi) is 6.32. The number of methoxy groups -OCH3 is 1. The summed E-state index contributed by atoms with van der Waals surface area (Å²) in [6.07, 6.45) is 4.62. The van der Waals surface area contributed by atoms with Gasteiger partial charge in [0.05, 0.1) is 12.9 Å². The molecule has 0 spiro atoms. The Balaban J connectivity index is 1.58. The molecule has 0 unspecified atom stereocenters. The van der Waals surface area contributed by atoms with Gasteiger partial charge in [-0.1, -0.05) is 6.08 Å². The fourth-order valence-corrected chi connectivity index (χ4v) is 4.77. The molecule has 170 valence electrons. The highest BCUT2D eigenvalue weighted by atomic mass is 32.2. The van der Waals surface area contributed by atoms with E-state index in [4.69, 9.17) is 4.74 Å². The lowest BCUT2D eigenvalue weighted by atomic mass is 10.0. The minimum absolute atomic E-state index is 0.109. The van der Waals surface area contributed by atoms with E-state index in [1.165, 1.54) is 16.4 Å². The molecule has 0 bridgehead atoms. The van der Waals surface area contributed by atoms with Crippen LogP contribution in [0.15, 0.2) is 42.6 Å². The first-order valence-corrected chi connectivity index (χ1v) is 12.0. The standard InChI is InChI=1S/C23H27FN4O3S/c1-27(2)32(29,30)13-12-28-10-7-16(8-11-28)21-15-20-18(6-9-25-23(20)26-21)19-14-17(24)4-5-22(19)31-3/h4-7,9,14-15H,8,10-13H2,1-3H3,(H,25,26). The van der Waals surface area contributed by atoms with Gasteiger partial charge >= 0.3 is 0 Å². The van der Waals surface area contributed by atoms with Crippen LogP contribution in [-0.2, 0) is 10.0 Å². The number of nitrogens with one attached hydrogen (secondary N) is 1. The van der Waals surface area contributed by atoms with Gasteiger partial charge in [0.2, 0.25) is 10.0 Å². The van der Waals surface area contributed by atoms with E-state index >= 15 is 0 Å². The van der Waals surface area contributed by atoms with Crippen molar-refractivity contribution < 1.29 is 17.5 Å². The van der Waals surface area contributed by atoms with Gasteiger partial charge in [-0.3, -0.25) is 4.90 Å². The van der Waals surface area contributed by atoms with E-state index in [9.17, 15) is 12.8 Å². The predicted octanol–water partition coefficient (Wildman–Crippen LogP) is 3.36. The Morgan fingerprint density at radius 1 is 1.22 bits per heavy atom. The summed E-state index contributed by atoms with van der Waals surface area (Å²) in [6, 6.07) is 8.38. The van der Waals surface area contributed by atoms with Gasteiger partial charge in [0, 0.05) is 56.6 Å². The third-order valence-electron chi connectivity index (χ3n) is 5.84. The minimum Gasteiger partial charge on any atom is -0.496 e. The van der Waals surface area contributed by atoms with Crippen molar-refractivity contribution in [1.82, 2.24) is 19.2 Å². The Labute approximate surface area is 187 Å². The maximum absolute atomic E-state index is 13.9. The first kappa shape index (κ1) is 22.4. The number of nitrogens with zero attached hydrogens (tertiary/aromatic N) is 3. The van der Waals surface area contributed by atoms with Crippen molar-refractivity contribution in [3.05, 3.63) is 54.1 Å². The lowest BCUT2D eigenvalue weighted by Gasteiger charge is -2.26. The van der Waals surface area contributed by atoms with Crippen molar-refractivity contribution >= 4 is 26.6 Å². The molecular formula is C23H27FN4O3S. The lowest BCUT2D eigenvalue weighted by Crippen LogP contribution is -2.36. The summed E-state index contributed by atoms with van der Waals surface area (Å²) in [7, 11) is 1.48. The van der Waals surface area contributed by atoms with E-state index in [0.29, 0.717) is 24.4 Å². The van der Waals surface area contributed by atoms with Crippen LogP contribution in [0.25, 0.3) is 27.7 Å². The van der Waals surface area contributed by atoms with E-state index in [0.717, 1.165) is 40.8 Å². The number of ether oxygens (including phenoxy) is 1. The number of halogens is 1. The smallest absolute Gasteiger partial charge is 0.214 e. The molecule has 3 aromatic rings. The number of aromatic amines is 1. The maximum atomic E-state index is 13.9. The van der Waals surface area contributed by atoms with Crippen LogP contribution in [0.5, 0.6) is 5.75 Å². The first-order chi connectivity index (χ1) is 15.3. The largest absolute Gasteiger partial charge is 0.496 e. The van der Waals surface area contributed by atoms with Crippen molar-refractivity contribution in [3.63, 3.8) is 0 Å². The summed E-state index contributed by atoms with van der Waals surface area (Å²) in [6.45, 7) is 1.97. The van der Waals surface area contributed by atoms with Gasteiger partial charge in [0.1, 0.15) is 17.2 Å². The van der Waals surface area contributed by atoms with Crippen LogP contribution >= 0.6 is 0 Å². The molecule has 3 heterocycles. The van der Waals surface area contributed by atoms with E-state index < -0.39 is 10.0 Å². The summed E-state index contributed by atoms with van der Waals surface area (Å²) in [5.41, 5.74) is 4.38. The monoisotopic (exact) mass is 458 g/mol. The number of hydrogen-bond acceptors (Lipinski definition) is 5. The Morgan fingerprint density at radius 2 is 2.03 bits per heavy atom. The third-order valence-corrected chi connectivity index (χ3v) is 7.66. The zero-order valence-corrected chi connectivity index (χ0v) is 19.2. The Morgan fingerprint density at radius 3 is 2.72 bits per heavy atom. The van der Waals surface area contributed by atoms with Crippen molar-refractivity contribution in [2.45, 2.75) is 6.42 Å². The number of aromatic nitrogens is 2. The predicted molar refractivity (Wildman–Crippen MR) is 125 cm³/mol. The summed E-state index contributed by atoms with van der Waals surface area (Å²) < 4.78 is 44.7. The molecule has 0 atom stereocenters. The Bertz CT molecular complexity index is 1270. The molecule has 0 aliphatic carbocycles. The summed E-state index contributed by atoms with van der Waals surface area (Å²) in [4.78, 5) is 9.96. The summed E-state index contributed by atoms with van der Waals surface area (Å²) in [5.74, 6) is 0.382. The van der Waals surface area contributed by atoms with Crippen molar-refractivity contribution in [2.24, 2.45) is 0 Å². The van der Waals surface area contributed by atoms with E-state index in [1.807, 2.05) is 12.1 Å². The van der Waals surface area contributed by atoms with Crippen LogP contribution in [0.3, 0.4) is 0 Å². The van der Waals surface area contributed by atoms with Gasteiger partial charge in [0.15, 0.2) is 0 Å². The zero-order valence-electron chi connectivity index (χ0n) is 18.4. The molecule has 0 amide bonds. The van der Waals surface area contributed by atoms with Gasteiger partial charge in [-0.2, -0.15) is 0 Å². The van der Waals surface area contributed by atoms with Crippen molar-refractivity contribution in [1.29, 1.82) is 0 Å². The molecule has 1 aliphatic heterocycles. The fourth-order valence-electron chi connectivity index (χ4n) is 3.91. The van der Waals surface area contributed by atoms with Crippen LogP contribution in [0.2, 0.25) is 0 Å². The maximum Gasteiger partial charge on any atom is 0.214 e. The number of fused-ring (bicyclic) bond motifs is 1. The number of hydrogen-bond donors (Lipinski definition) is 1. The highest BCUT2D eigenvalue weighted by Gasteiger charge is 2.20.